The SMILES string of the molecule is Cc1csc([C@H]2C[C@H](F)CN2C(=O)c2cc(-c3nnc([C@@](C)(N)Cc4ccc(F)cc4)o3)cc(-c3nccs3)c2)n1. The van der Waals surface area contributed by atoms with Gasteiger partial charge in [-0.3, -0.25) is 4.79 Å². The third-order valence-electron chi connectivity index (χ3n) is 6.94. The zero-order chi connectivity index (χ0) is 28.7. The van der Waals surface area contributed by atoms with Gasteiger partial charge in [0.05, 0.1) is 18.1 Å². The minimum absolute atomic E-state index is 0.0153. The second-order valence-electron chi connectivity index (χ2n) is 10.4. The van der Waals surface area contributed by atoms with E-state index in [2.05, 4.69) is 20.2 Å². The predicted molar refractivity (Wildman–Crippen MR) is 153 cm³/mol. The smallest absolute Gasteiger partial charge is 0.254 e. The molecule has 0 bridgehead atoms. The van der Waals surface area contributed by atoms with Crippen molar-refractivity contribution in [2.75, 3.05) is 6.54 Å². The van der Waals surface area contributed by atoms with Crippen LogP contribution in [-0.4, -0.2) is 43.7 Å². The first-order chi connectivity index (χ1) is 19.7. The monoisotopic (exact) mass is 592 g/mol. The Bertz CT molecular complexity index is 1680. The minimum atomic E-state index is -1.14. The van der Waals surface area contributed by atoms with Crippen molar-refractivity contribution in [3.8, 4) is 22.0 Å². The molecule has 41 heavy (non-hydrogen) atoms. The van der Waals surface area contributed by atoms with Gasteiger partial charge in [0.1, 0.15) is 22.0 Å². The zero-order valence-corrected chi connectivity index (χ0v) is 23.9. The normalized spacial score (nSPS) is 18.5. The molecule has 4 heterocycles. The highest BCUT2D eigenvalue weighted by Crippen LogP contribution is 2.38. The fourth-order valence-electron chi connectivity index (χ4n) is 4.97. The molecule has 1 fully saturated rings. The first-order valence-corrected chi connectivity index (χ1v) is 14.7. The lowest BCUT2D eigenvalue weighted by Gasteiger charge is -2.23. The van der Waals surface area contributed by atoms with Gasteiger partial charge in [-0.25, -0.2) is 18.7 Å². The molecule has 1 saturated heterocycles. The highest BCUT2D eigenvalue weighted by atomic mass is 32.1. The summed E-state index contributed by atoms with van der Waals surface area (Å²) in [7, 11) is 0. The van der Waals surface area contributed by atoms with Crippen LogP contribution in [-0.2, 0) is 12.0 Å². The van der Waals surface area contributed by atoms with Gasteiger partial charge in [-0.1, -0.05) is 12.1 Å². The molecular weight excluding hydrogens is 566 g/mol. The van der Waals surface area contributed by atoms with Gasteiger partial charge >= 0.3 is 0 Å². The third-order valence-corrected chi connectivity index (χ3v) is 8.82. The predicted octanol–water partition coefficient (Wildman–Crippen LogP) is 6.11. The van der Waals surface area contributed by atoms with Gasteiger partial charge in [-0.05, 0) is 56.2 Å². The number of benzene rings is 2. The summed E-state index contributed by atoms with van der Waals surface area (Å²) in [6.07, 6.45) is 1.09. The number of rotatable bonds is 7. The molecule has 2 N–H and O–H groups in total. The maximum absolute atomic E-state index is 14.6. The number of thiazole rings is 2. The fourth-order valence-corrected chi connectivity index (χ4v) is 6.52. The molecule has 0 spiro atoms. The lowest BCUT2D eigenvalue weighted by molar-refractivity contribution is 0.0728. The largest absolute Gasteiger partial charge is 0.419 e. The Labute approximate surface area is 242 Å². The maximum Gasteiger partial charge on any atom is 0.254 e. The van der Waals surface area contributed by atoms with Crippen LogP contribution in [0.15, 0.2) is 63.8 Å². The third kappa shape index (κ3) is 5.67. The van der Waals surface area contributed by atoms with Gasteiger partial charge in [0.15, 0.2) is 0 Å². The summed E-state index contributed by atoms with van der Waals surface area (Å²) >= 11 is 2.86. The number of alkyl halides is 1. The molecule has 2 aromatic carbocycles. The van der Waals surface area contributed by atoms with Crippen molar-refractivity contribution in [1.82, 2.24) is 25.1 Å². The molecule has 3 aromatic heterocycles. The molecule has 5 aromatic rings. The minimum Gasteiger partial charge on any atom is -0.419 e. The Hall–Kier alpha value is -3.87. The lowest BCUT2D eigenvalue weighted by atomic mass is 9.94. The van der Waals surface area contributed by atoms with E-state index in [4.69, 9.17) is 10.2 Å². The molecule has 0 radical (unpaired) electrons. The molecule has 12 heteroatoms. The van der Waals surface area contributed by atoms with Crippen LogP contribution in [0, 0.1) is 12.7 Å². The number of carbonyl (C=O) groups is 1. The Morgan fingerprint density at radius 1 is 1.17 bits per heavy atom. The van der Waals surface area contributed by atoms with Gasteiger partial charge in [0.25, 0.3) is 5.91 Å². The molecule has 0 saturated carbocycles. The number of hydrogen-bond donors (Lipinski definition) is 1. The van der Waals surface area contributed by atoms with E-state index in [1.807, 2.05) is 23.8 Å². The van der Waals surface area contributed by atoms with Crippen LogP contribution in [0.4, 0.5) is 8.78 Å². The number of carbonyl (C=O) groups excluding carboxylic acids is 1. The maximum atomic E-state index is 14.6. The second kappa shape index (κ2) is 10.8. The van der Waals surface area contributed by atoms with Crippen LogP contribution in [0.5, 0.6) is 0 Å². The number of aryl methyl sites for hydroxylation is 1. The number of halogens is 2. The summed E-state index contributed by atoms with van der Waals surface area (Å²) in [5.41, 5.74) is 8.73. The number of likely N-dealkylation sites (tertiary alicyclic amines) is 1. The van der Waals surface area contributed by atoms with Crippen molar-refractivity contribution in [2.24, 2.45) is 5.73 Å². The molecule has 8 nitrogen and oxygen atoms in total. The van der Waals surface area contributed by atoms with Crippen LogP contribution in [0.2, 0.25) is 0 Å². The van der Waals surface area contributed by atoms with Crippen molar-refractivity contribution in [3.05, 3.63) is 93.0 Å². The summed E-state index contributed by atoms with van der Waals surface area (Å²) in [5.74, 6) is -0.270. The Morgan fingerprint density at radius 2 is 1.95 bits per heavy atom. The van der Waals surface area contributed by atoms with Crippen molar-refractivity contribution in [3.63, 3.8) is 0 Å². The van der Waals surface area contributed by atoms with Gasteiger partial charge < -0.3 is 15.1 Å². The van der Waals surface area contributed by atoms with Gasteiger partial charge in [-0.15, -0.1) is 32.9 Å². The average molecular weight is 593 g/mol. The van der Waals surface area contributed by atoms with Gasteiger partial charge in [-0.2, -0.15) is 0 Å². The quantitative estimate of drug-likeness (QED) is 0.243. The zero-order valence-electron chi connectivity index (χ0n) is 22.3. The molecule has 3 atom stereocenters. The molecule has 1 aliphatic rings. The molecular formula is C29H26F2N6O2S2. The van der Waals surface area contributed by atoms with Crippen LogP contribution < -0.4 is 5.73 Å². The summed E-state index contributed by atoms with van der Waals surface area (Å²) in [6.45, 7) is 3.62. The fraction of sp³-hybridized carbons (Fsp3) is 0.276. The number of amides is 1. The molecule has 0 unspecified atom stereocenters. The lowest BCUT2D eigenvalue weighted by Crippen LogP contribution is -2.35. The topological polar surface area (TPSA) is 111 Å². The summed E-state index contributed by atoms with van der Waals surface area (Å²) in [6, 6.07) is 10.9. The Kier molecular flexibility index (Phi) is 7.22. The number of nitrogens with zero attached hydrogens (tertiary/aromatic N) is 5. The molecule has 1 aliphatic heterocycles. The van der Waals surface area contributed by atoms with Crippen LogP contribution in [0.3, 0.4) is 0 Å². The molecule has 1 amide bonds. The van der Waals surface area contributed by atoms with E-state index in [0.717, 1.165) is 16.3 Å². The number of hydrogen-bond acceptors (Lipinski definition) is 9. The summed E-state index contributed by atoms with van der Waals surface area (Å²) in [5, 5.41) is 13.6. The van der Waals surface area contributed by atoms with Crippen molar-refractivity contribution < 1.29 is 18.0 Å². The van der Waals surface area contributed by atoms with Gasteiger partial charge in [0, 0.05) is 45.8 Å². The summed E-state index contributed by atoms with van der Waals surface area (Å²) < 4.78 is 34.0. The second-order valence-corrected chi connectivity index (χ2v) is 12.2. The highest BCUT2D eigenvalue weighted by molar-refractivity contribution is 7.13. The van der Waals surface area contributed by atoms with E-state index in [-0.39, 0.29) is 36.5 Å². The summed E-state index contributed by atoms with van der Waals surface area (Å²) in [4.78, 5) is 24.4. The van der Waals surface area contributed by atoms with E-state index in [9.17, 15) is 13.6 Å². The first-order valence-electron chi connectivity index (χ1n) is 13.0. The molecule has 210 valence electrons. The Morgan fingerprint density at radius 3 is 2.66 bits per heavy atom. The van der Waals surface area contributed by atoms with Crippen LogP contribution in [0.25, 0.3) is 22.0 Å². The Balaban J connectivity index is 1.34. The highest BCUT2D eigenvalue weighted by Gasteiger charge is 2.38. The van der Waals surface area contributed by atoms with Gasteiger partial charge in [0.2, 0.25) is 11.8 Å². The number of nitrogens with two attached hydrogens (primary N) is 1. The van der Waals surface area contributed by atoms with E-state index >= 15 is 0 Å². The van der Waals surface area contributed by atoms with E-state index in [1.165, 1.54) is 34.8 Å². The first kappa shape index (κ1) is 27.3. The van der Waals surface area contributed by atoms with Crippen LogP contribution in [0.1, 0.15) is 51.9 Å². The van der Waals surface area contributed by atoms with Crippen molar-refractivity contribution in [2.45, 2.75) is 44.4 Å². The molecule has 6 rings (SSSR count). The average Bonchev–Trinajstić information content (AvgIpc) is 3.76. The van der Waals surface area contributed by atoms with Crippen molar-refractivity contribution >= 4 is 28.6 Å². The van der Waals surface area contributed by atoms with Crippen LogP contribution >= 0.6 is 22.7 Å². The van der Waals surface area contributed by atoms with E-state index in [1.54, 1.807) is 42.3 Å². The standard InChI is InChI=1S/C29H26F2N6O2S2/c1-16-15-41-26(34-16)23-12-22(31)14-37(23)27(38)20-10-18(9-19(11-20)25-33-7-8-40-25)24-35-36-28(39-24)29(2,32)13-17-3-5-21(30)6-4-17/h3-11,15,22-23H,12-14,32H2,1-2H3/t22-,23+,29-/m0/s1. The molecule has 0 aliphatic carbocycles. The van der Waals surface area contributed by atoms with Crippen molar-refractivity contribution in [1.29, 1.82) is 0 Å². The van der Waals surface area contributed by atoms with E-state index in [0.29, 0.717) is 28.1 Å². The number of aromatic nitrogens is 4. The van der Waals surface area contributed by atoms with E-state index < -0.39 is 17.8 Å².